The number of nitrogens with two attached hydrogens (primary N) is 1. The smallest absolute Gasteiger partial charge is 0.0991 e. The lowest BCUT2D eigenvalue weighted by atomic mass is 10.1. The van der Waals surface area contributed by atoms with E-state index in [9.17, 15) is 0 Å². The molecule has 4 nitrogen and oxygen atoms in total. The Balaban J connectivity index is 1.98. The van der Waals surface area contributed by atoms with Gasteiger partial charge >= 0.3 is 0 Å². The molecule has 0 aliphatic rings. The summed E-state index contributed by atoms with van der Waals surface area (Å²) >= 11 is 0. The van der Waals surface area contributed by atoms with Crippen LogP contribution in [0.15, 0.2) is 54.7 Å². The van der Waals surface area contributed by atoms with Crippen LogP contribution < -0.4 is 11.1 Å². The molecule has 3 N–H and O–H groups in total. The number of pyridine rings is 1. The third-order valence-electron chi connectivity index (χ3n) is 3.12. The summed E-state index contributed by atoms with van der Waals surface area (Å²) in [5.41, 5.74) is 10.1. The number of nitriles is 1. The van der Waals surface area contributed by atoms with Crippen LogP contribution in [-0.4, -0.2) is 4.98 Å². The van der Waals surface area contributed by atoms with Crippen LogP contribution in [0.25, 0.3) is 10.9 Å². The minimum atomic E-state index is 0.631. The van der Waals surface area contributed by atoms with Gasteiger partial charge < -0.3 is 11.1 Å². The van der Waals surface area contributed by atoms with Crippen molar-refractivity contribution >= 4 is 28.0 Å². The summed E-state index contributed by atoms with van der Waals surface area (Å²) in [6, 6.07) is 17.0. The minimum absolute atomic E-state index is 0.631. The Labute approximate surface area is 116 Å². The Bertz CT molecular complexity index is 801. The van der Waals surface area contributed by atoms with Gasteiger partial charge in [0.15, 0.2) is 0 Å². The zero-order valence-electron chi connectivity index (χ0n) is 10.7. The number of rotatable bonds is 2. The zero-order chi connectivity index (χ0) is 13.9. The predicted molar refractivity (Wildman–Crippen MR) is 80.6 cm³/mol. The average molecular weight is 260 g/mol. The van der Waals surface area contributed by atoms with Gasteiger partial charge in [0.1, 0.15) is 0 Å². The second-order valence-electron chi connectivity index (χ2n) is 4.41. The SMILES string of the molecule is N#Cc1ccc(Nc2ccc3ncccc3c2N)cc1. The van der Waals surface area contributed by atoms with Gasteiger partial charge in [-0.25, -0.2) is 0 Å². The molecule has 1 aromatic heterocycles. The van der Waals surface area contributed by atoms with Gasteiger partial charge in [-0.05, 0) is 48.5 Å². The molecule has 96 valence electrons. The number of hydrogen-bond donors (Lipinski definition) is 2. The van der Waals surface area contributed by atoms with Crippen molar-refractivity contribution in [3.63, 3.8) is 0 Å². The van der Waals surface area contributed by atoms with E-state index in [0.717, 1.165) is 22.3 Å². The average Bonchev–Trinajstić information content (AvgIpc) is 2.51. The molecule has 0 atom stereocenters. The first-order valence-corrected chi connectivity index (χ1v) is 6.18. The highest BCUT2D eigenvalue weighted by atomic mass is 14.9. The quantitative estimate of drug-likeness (QED) is 0.692. The predicted octanol–water partition coefficient (Wildman–Crippen LogP) is 3.43. The van der Waals surface area contributed by atoms with Crippen molar-refractivity contribution in [2.45, 2.75) is 0 Å². The number of benzene rings is 2. The molecule has 1 heterocycles. The van der Waals surface area contributed by atoms with Crippen LogP contribution in [0.4, 0.5) is 17.1 Å². The molecule has 0 bridgehead atoms. The molecule has 0 aliphatic heterocycles. The second-order valence-corrected chi connectivity index (χ2v) is 4.41. The summed E-state index contributed by atoms with van der Waals surface area (Å²) in [4.78, 5) is 4.27. The standard InChI is InChI=1S/C16H12N4/c17-10-11-3-5-12(6-4-11)20-15-8-7-14-13(16(15)18)2-1-9-19-14/h1-9,20H,18H2. The lowest BCUT2D eigenvalue weighted by Gasteiger charge is -2.11. The van der Waals surface area contributed by atoms with Gasteiger partial charge in [-0.15, -0.1) is 0 Å². The Kier molecular flexibility index (Phi) is 2.94. The molecule has 0 saturated carbocycles. The molecule has 0 spiro atoms. The largest absolute Gasteiger partial charge is 0.396 e. The zero-order valence-corrected chi connectivity index (χ0v) is 10.7. The number of anilines is 3. The summed E-state index contributed by atoms with van der Waals surface area (Å²) in [7, 11) is 0. The van der Waals surface area contributed by atoms with Crippen molar-refractivity contribution in [2.75, 3.05) is 11.1 Å². The second kappa shape index (κ2) is 4.90. The first kappa shape index (κ1) is 12.0. The van der Waals surface area contributed by atoms with Gasteiger partial charge in [0.2, 0.25) is 0 Å². The molecule has 4 heteroatoms. The maximum atomic E-state index is 8.78. The van der Waals surface area contributed by atoms with Crippen LogP contribution in [0, 0.1) is 11.3 Å². The lowest BCUT2D eigenvalue weighted by Crippen LogP contribution is -1.97. The van der Waals surface area contributed by atoms with E-state index in [1.807, 2.05) is 36.4 Å². The summed E-state index contributed by atoms with van der Waals surface area (Å²) in [5.74, 6) is 0. The number of nitrogens with zero attached hydrogens (tertiary/aromatic N) is 2. The van der Waals surface area contributed by atoms with Crippen LogP contribution in [0.1, 0.15) is 5.56 Å². The minimum Gasteiger partial charge on any atom is -0.396 e. The fourth-order valence-electron chi connectivity index (χ4n) is 2.07. The van der Waals surface area contributed by atoms with E-state index >= 15 is 0 Å². The normalized spacial score (nSPS) is 10.2. The third kappa shape index (κ3) is 2.13. The molecule has 0 saturated heterocycles. The molecule has 0 radical (unpaired) electrons. The lowest BCUT2D eigenvalue weighted by molar-refractivity contribution is 1.41. The highest BCUT2D eigenvalue weighted by Crippen LogP contribution is 2.29. The third-order valence-corrected chi connectivity index (χ3v) is 3.12. The van der Waals surface area contributed by atoms with E-state index in [4.69, 9.17) is 11.0 Å². The number of hydrogen-bond acceptors (Lipinski definition) is 4. The summed E-state index contributed by atoms with van der Waals surface area (Å²) in [6.07, 6.45) is 1.75. The van der Waals surface area contributed by atoms with Crippen LogP contribution in [0.3, 0.4) is 0 Å². The fourth-order valence-corrected chi connectivity index (χ4v) is 2.07. The molecule has 3 rings (SSSR count). The molecular formula is C16H12N4. The van der Waals surface area contributed by atoms with Crippen molar-refractivity contribution in [2.24, 2.45) is 0 Å². The van der Waals surface area contributed by atoms with E-state index in [1.165, 1.54) is 0 Å². The Hall–Kier alpha value is -3.06. The highest BCUT2D eigenvalue weighted by Gasteiger charge is 2.05. The maximum absolute atomic E-state index is 8.78. The Morgan fingerprint density at radius 1 is 1.05 bits per heavy atom. The molecular weight excluding hydrogens is 248 g/mol. The molecule has 20 heavy (non-hydrogen) atoms. The summed E-state index contributed by atoms with van der Waals surface area (Å²) < 4.78 is 0. The van der Waals surface area contributed by atoms with E-state index in [0.29, 0.717) is 11.3 Å². The van der Waals surface area contributed by atoms with Crippen LogP contribution in [0.2, 0.25) is 0 Å². The summed E-state index contributed by atoms with van der Waals surface area (Å²) in [5, 5.41) is 13.0. The van der Waals surface area contributed by atoms with Crippen LogP contribution in [0.5, 0.6) is 0 Å². The number of aromatic nitrogens is 1. The highest BCUT2D eigenvalue weighted by molar-refractivity contribution is 5.97. The van der Waals surface area contributed by atoms with Crippen LogP contribution >= 0.6 is 0 Å². The van der Waals surface area contributed by atoms with Gasteiger partial charge in [0.05, 0.1) is 28.5 Å². The molecule has 2 aromatic carbocycles. The topological polar surface area (TPSA) is 74.7 Å². The fraction of sp³-hybridized carbons (Fsp3) is 0. The summed E-state index contributed by atoms with van der Waals surface area (Å²) in [6.45, 7) is 0. The van der Waals surface area contributed by atoms with E-state index in [1.54, 1.807) is 18.3 Å². The number of fused-ring (bicyclic) bond motifs is 1. The van der Waals surface area contributed by atoms with Crippen molar-refractivity contribution in [1.29, 1.82) is 5.26 Å². The van der Waals surface area contributed by atoms with Crippen molar-refractivity contribution in [3.8, 4) is 6.07 Å². The van der Waals surface area contributed by atoms with E-state index < -0.39 is 0 Å². The first-order valence-electron chi connectivity index (χ1n) is 6.18. The first-order chi connectivity index (χ1) is 9.78. The monoisotopic (exact) mass is 260 g/mol. The van der Waals surface area contributed by atoms with E-state index in [2.05, 4.69) is 16.4 Å². The number of nitrogen functional groups attached to an aromatic ring is 1. The Morgan fingerprint density at radius 2 is 1.85 bits per heavy atom. The van der Waals surface area contributed by atoms with Gasteiger partial charge in [0.25, 0.3) is 0 Å². The molecule has 0 amide bonds. The molecule has 0 fully saturated rings. The number of nitrogens with one attached hydrogen (secondary N) is 1. The van der Waals surface area contributed by atoms with Gasteiger partial charge in [-0.2, -0.15) is 5.26 Å². The van der Waals surface area contributed by atoms with Gasteiger partial charge in [-0.3, -0.25) is 4.98 Å². The molecule has 3 aromatic rings. The van der Waals surface area contributed by atoms with Crippen molar-refractivity contribution in [3.05, 3.63) is 60.3 Å². The Morgan fingerprint density at radius 3 is 2.60 bits per heavy atom. The van der Waals surface area contributed by atoms with Crippen molar-refractivity contribution in [1.82, 2.24) is 4.98 Å². The van der Waals surface area contributed by atoms with Gasteiger partial charge in [0, 0.05) is 17.3 Å². The van der Waals surface area contributed by atoms with Gasteiger partial charge in [-0.1, -0.05) is 0 Å². The van der Waals surface area contributed by atoms with E-state index in [-0.39, 0.29) is 0 Å². The molecule has 0 aliphatic carbocycles. The van der Waals surface area contributed by atoms with Crippen LogP contribution in [-0.2, 0) is 0 Å². The molecule has 0 unspecified atom stereocenters. The maximum Gasteiger partial charge on any atom is 0.0991 e. The van der Waals surface area contributed by atoms with Crippen molar-refractivity contribution < 1.29 is 0 Å².